The third-order valence-electron chi connectivity index (χ3n) is 3.04. The van der Waals surface area contributed by atoms with Crippen LogP contribution in [0.1, 0.15) is 20.3 Å². The summed E-state index contributed by atoms with van der Waals surface area (Å²) in [6, 6.07) is -3.78. The van der Waals surface area contributed by atoms with Crippen LogP contribution in [0, 0.1) is 0 Å². The number of hydrogen-bond acceptors (Lipinski definition) is 7. The fourth-order valence-electron chi connectivity index (χ4n) is 1.56. The third-order valence-corrected chi connectivity index (χ3v) is 3.04. The zero-order chi connectivity index (χ0) is 19.7. The van der Waals surface area contributed by atoms with Crippen LogP contribution in [0.2, 0.25) is 0 Å². The molecule has 25 heavy (non-hydrogen) atoms. The van der Waals surface area contributed by atoms with Crippen molar-refractivity contribution in [1.82, 2.24) is 16.0 Å². The number of carboxylic acid groups (broad SMARTS) is 1. The van der Waals surface area contributed by atoms with Crippen molar-refractivity contribution in [2.24, 2.45) is 11.5 Å². The first kappa shape index (κ1) is 22.3. The minimum Gasteiger partial charge on any atom is -0.480 e. The number of carbonyl (C=O) groups excluding carboxylic acids is 4. The molecular weight excluding hydrogens is 338 g/mol. The molecule has 4 amide bonds. The van der Waals surface area contributed by atoms with E-state index in [-0.39, 0.29) is 0 Å². The number of nitrogens with two attached hydrogens (primary N) is 2. The van der Waals surface area contributed by atoms with Gasteiger partial charge in [-0.05, 0) is 13.8 Å². The minimum absolute atomic E-state index is 0.579. The summed E-state index contributed by atoms with van der Waals surface area (Å²) in [6.45, 7) is 2.06. The van der Waals surface area contributed by atoms with Gasteiger partial charge in [0.25, 0.3) is 0 Å². The number of carboxylic acids is 1. The molecule has 0 aromatic carbocycles. The quantitative estimate of drug-likeness (QED) is 0.202. The van der Waals surface area contributed by atoms with E-state index in [0.29, 0.717) is 0 Å². The van der Waals surface area contributed by atoms with Crippen LogP contribution < -0.4 is 27.4 Å². The SMILES string of the molecule is CC(NC(=O)C(N)C(C)O)C(=O)NCC(=O)NC(CC(N)=O)C(=O)O. The second kappa shape index (κ2) is 10.2. The lowest BCUT2D eigenvalue weighted by atomic mass is 10.1. The fourth-order valence-corrected chi connectivity index (χ4v) is 1.56. The van der Waals surface area contributed by atoms with E-state index in [1.807, 2.05) is 5.32 Å². The molecule has 142 valence electrons. The van der Waals surface area contributed by atoms with Crippen molar-refractivity contribution in [3.8, 4) is 0 Å². The molecule has 0 rings (SSSR count). The highest BCUT2D eigenvalue weighted by Crippen LogP contribution is 1.93. The molecule has 0 fully saturated rings. The zero-order valence-electron chi connectivity index (χ0n) is 13.8. The first-order valence-electron chi connectivity index (χ1n) is 7.27. The van der Waals surface area contributed by atoms with Crippen molar-refractivity contribution in [3.05, 3.63) is 0 Å². The number of nitrogens with one attached hydrogen (secondary N) is 3. The highest BCUT2D eigenvalue weighted by molar-refractivity contribution is 5.93. The van der Waals surface area contributed by atoms with Crippen LogP contribution >= 0.6 is 0 Å². The van der Waals surface area contributed by atoms with Gasteiger partial charge in [-0.2, -0.15) is 0 Å². The lowest BCUT2D eigenvalue weighted by molar-refractivity contribution is -0.143. The van der Waals surface area contributed by atoms with E-state index in [0.717, 1.165) is 0 Å². The highest BCUT2D eigenvalue weighted by atomic mass is 16.4. The molecule has 0 saturated heterocycles. The third kappa shape index (κ3) is 8.62. The Morgan fingerprint density at radius 3 is 2.04 bits per heavy atom. The maximum absolute atomic E-state index is 11.8. The molecule has 12 heteroatoms. The summed E-state index contributed by atoms with van der Waals surface area (Å²) >= 11 is 0. The molecule has 0 heterocycles. The summed E-state index contributed by atoms with van der Waals surface area (Å²) in [7, 11) is 0. The molecule has 0 saturated carbocycles. The van der Waals surface area contributed by atoms with Gasteiger partial charge >= 0.3 is 5.97 Å². The first-order valence-corrected chi connectivity index (χ1v) is 7.27. The van der Waals surface area contributed by atoms with Crippen LogP contribution in [0.25, 0.3) is 0 Å². The summed E-state index contributed by atoms with van der Waals surface area (Å²) in [5.41, 5.74) is 10.3. The Hall–Kier alpha value is -2.73. The zero-order valence-corrected chi connectivity index (χ0v) is 13.8. The van der Waals surface area contributed by atoms with Gasteiger partial charge in [-0.3, -0.25) is 19.2 Å². The second-order valence-corrected chi connectivity index (χ2v) is 5.34. The Morgan fingerprint density at radius 2 is 1.60 bits per heavy atom. The summed E-state index contributed by atoms with van der Waals surface area (Å²) in [6.07, 6.45) is -1.71. The van der Waals surface area contributed by atoms with Gasteiger partial charge in [0, 0.05) is 0 Å². The first-order chi connectivity index (χ1) is 11.5. The van der Waals surface area contributed by atoms with Crippen LogP contribution in [-0.4, -0.2) is 70.6 Å². The van der Waals surface area contributed by atoms with Crippen molar-refractivity contribution in [2.75, 3.05) is 6.54 Å². The second-order valence-electron chi connectivity index (χ2n) is 5.34. The fraction of sp³-hybridized carbons (Fsp3) is 0.615. The van der Waals surface area contributed by atoms with Gasteiger partial charge in [0.05, 0.1) is 19.1 Å². The topological polar surface area (TPSA) is 214 Å². The molecule has 0 aliphatic rings. The average Bonchev–Trinajstić information content (AvgIpc) is 2.50. The van der Waals surface area contributed by atoms with Gasteiger partial charge in [-0.25, -0.2) is 4.79 Å². The number of aliphatic carboxylic acids is 1. The molecule has 0 spiro atoms. The number of hydrogen-bond donors (Lipinski definition) is 7. The predicted octanol–water partition coefficient (Wildman–Crippen LogP) is -4.24. The van der Waals surface area contributed by atoms with E-state index in [4.69, 9.17) is 16.6 Å². The molecule has 4 atom stereocenters. The van der Waals surface area contributed by atoms with Crippen molar-refractivity contribution in [3.63, 3.8) is 0 Å². The van der Waals surface area contributed by atoms with Gasteiger partial charge in [-0.1, -0.05) is 0 Å². The van der Waals surface area contributed by atoms with E-state index in [2.05, 4.69) is 10.6 Å². The van der Waals surface area contributed by atoms with Crippen LogP contribution in [0.4, 0.5) is 0 Å². The molecule has 0 aliphatic carbocycles. The molecule has 0 aromatic rings. The van der Waals surface area contributed by atoms with Crippen molar-refractivity contribution >= 4 is 29.6 Å². The number of amides is 4. The van der Waals surface area contributed by atoms with E-state index in [9.17, 15) is 29.1 Å². The number of carbonyl (C=O) groups is 5. The summed E-state index contributed by atoms with van der Waals surface area (Å²) < 4.78 is 0. The maximum Gasteiger partial charge on any atom is 0.326 e. The Labute approximate surface area is 143 Å². The maximum atomic E-state index is 11.8. The molecule has 0 aromatic heterocycles. The molecule has 12 nitrogen and oxygen atoms in total. The van der Waals surface area contributed by atoms with E-state index >= 15 is 0 Å². The monoisotopic (exact) mass is 361 g/mol. The van der Waals surface area contributed by atoms with E-state index < -0.39 is 66.8 Å². The Bertz CT molecular complexity index is 537. The van der Waals surface area contributed by atoms with E-state index in [1.54, 1.807) is 0 Å². The average molecular weight is 361 g/mol. The summed E-state index contributed by atoms with van der Waals surface area (Å²) in [4.78, 5) is 56.6. The van der Waals surface area contributed by atoms with Crippen molar-refractivity contribution < 1.29 is 34.2 Å². The summed E-state index contributed by atoms with van der Waals surface area (Å²) in [5.74, 6) is -4.72. The standard InChI is InChI=1S/C13H23N5O7/c1-5(17-12(23)10(15)6(2)19)11(22)16-4-9(21)18-7(13(24)25)3-8(14)20/h5-7,10,19H,3-4,15H2,1-2H3,(H2,14,20)(H,16,22)(H,17,23)(H,18,21)(H,24,25). The molecule has 9 N–H and O–H groups in total. The number of rotatable bonds is 10. The Morgan fingerprint density at radius 1 is 1.04 bits per heavy atom. The van der Waals surface area contributed by atoms with Gasteiger partial charge in [0.15, 0.2) is 0 Å². The lowest BCUT2D eigenvalue weighted by Crippen LogP contribution is -2.54. The highest BCUT2D eigenvalue weighted by Gasteiger charge is 2.25. The number of aliphatic hydroxyl groups excluding tert-OH is 1. The molecule has 0 radical (unpaired) electrons. The smallest absolute Gasteiger partial charge is 0.326 e. The number of aliphatic hydroxyl groups is 1. The van der Waals surface area contributed by atoms with Gasteiger partial charge in [-0.15, -0.1) is 0 Å². The van der Waals surface area contributed by atoms with E-state index in [1.165, 1.54) is 13.8 Å². The largest absolute Gasteiger partial charge is 0.480 e. The van der Waals surface area contributed by atoms with Gasteiger partial charge in [0.1, 0.15) is 18.1 Å². The van der Waals surface area contributed by atoms with Crippen LogP contribution in [0.3, 0.4) is 0 Å². The Kier molecular flexibility index (Phi) is 9.09. The molecule has 0 aliphatic heterocycles. The van der Waals surface area contributed by atoms with Crippen LogP contribution in [-0.2, 0) is 24.0 Å². The predicted molar refractivity (Wildman–Crippen MR) is 83.6 cm³/mol. The van der Waals surface area contributed by atoms with Crippen molar-refractivity contribution in [1.29, 1.82) is 0 Å². The van der Waals surface area contributed by atoms with Crippen LogP contribution in [0.5, 0.6) is 0 Å². The lowest BCUT2D eigenvalue weighted by Gasteiger charge is -2.19. The number of primary amides is 1. The minimum atomic E-state index is -1.51. The normalized spacial score (nSPS) is 15.2. The molecule has 4 unspecified atom stereocenters. The van der Waals surface area contributed by atoms with Gasteiger partial charge in [0.2, 0.25) is 23.6 Å². The summed E-state index contributed by atoms with van der Waals surface area (Å²) in [5, 5.41) is 24.5. The van der Waals surface area contributed by atoms with Crippen LogP contribution in [0.15, 0.2) is 0 Å². The van der Waals surface area contributed by atoms with Crippen molar-refractivity contribution in [2.45, 2.75) is 44.5 Å². The molecule has 0 bridgehead atoms. The molecular formula is C13H23N5O7. The Balaban J connectivity index is 4.43. The van der Waals surface area contributed by atoms with Gasteiger partial charge < -0.3 is 37.6 Å².